The zero-order chi connectivity index (χ0) is 14.5. The van der Waals surface area contributed by atoms with Gasteiger partial charge in [0.1, 0.15) is 17.3 Å². The number of anilines is 1. The molecule has 0 bridgehead atoms. The highest BCUT2D eigenvalue weighted by Gasteiger charge is 2.25. The minimum Gasteiger partial charge on any atom is -0.368 e. The molecular formula is C14H24ClN3S. The molecule has 0 aliphatic heterocycles. The summed E-state index contributed by atoms with van der Waals surface area (Å²) >= 11 is 8.10. The second-order valence-corrected chi connectivity index (χ2v) is 6.66. The van der Waals surface area contributed by atoms with Crippen LogP contribution in [0, 0.1) is 0 Å². The number of nitrogens with zero attached hydrogens (tertiary/aromatic N) is 2. The van der Waals surface area contributed by atoms with Crippen molar-refractivity contribution in [1.29, 1.82) is 0 Å². The van der Waals surface area contributed by atoms with E-state index in [4.69, 9.17) is 11.6 Å². The number of hydrogen-bond acceptors (Lipinski definition) is 4. The first-order valence-electron chi connectivity index (χ1n) is 6.79. The van der Waals surface area contributed by atoms with E-state index in [9.17, 15) is 0 Å². The summed E-state index contributed by atoms with van der Waals surface area (Å²) in [4.78, 5) is 8.43. The Labute approximate surface area is 125 Å². The molecule has 3 nitrogen and oxygen atoms in total. The minimum atomic E-state index is 0.256. The molecule has 0 saturated carbocycles. The van der Waals surface area contributed by atoms with Crippen LogP contribution >= 0.6 is 23.4 Å². The maximum Gasteiger partial charge on any atom is 0.138 e. The maximum atomic E-state index is 6.18. The molecule has 0 amide bonds. The number of nitrogens with one attached hydrogen (secondary N) is 1. The largest absolute Gasteiger partial charge is 0.368 e. The van der Waals surface area contributed by atoms with E-state index in [2.05, 4.69) is 49.2 Å². The number of hydrogen-bond donors (Lipinski definition) is 1. The van der Waals surface area contributed by atoms with E-state index in [1.807, 2.05) is 11.8 Å². The monoisotopic (exact) mass is 301 g/mol. The average Bonchev–Trinajstić information content (AvgIpc) is 2.40. The molecule has 1 rings (SSSR count). The molecule has 0 aliphatic rings. The van der Waals surface area contributed by atoms with Crippen molar-refractivity contribution in [2.45, 2.75) is 51.2 Å². The summed E-state index contributed by atoms with van der Waals surface area (Å²) in [5.41, 5.74) is 1.01. The SMILES string of the molecule is CCC(CC)(CNc1ncnc(Cl)c1C(C)C)SC. The van der Waals surface area contributed by atoms with Gasteiger partial charge >= 0.3 is 0 Å². The van der Waals surface area contributed by atoms with Gasteiger partial charge in [-0.25, -0.2) is 9.97 Å². The lowest BCUT2D eigenvalue weighted by atomic mass is 10.0. The van der Waals surface area contributed by atoms with Crippen LogP contribution in [0.4, 0.5) is 5.82 Å². The highest BCUT2D eigenvalue weighted by molar-refractivity contribution is 8.00. The third-order valence-corrected chi connectivity index (χ3v) is 5.60. The number of aromatic nitrogens is 2. The van der Waals surface area contributed by atoms with Gasteiger partial charge in [-0.3, -0.25) is 0 Å². The van der Waals surface area contributed by atoms with Crippen molar-refractivity contribution in [3.63, 3.8) is 0 Å². The second kappa shape index (κ2) is 7.34. The molecule has 1 N–H and O–H groups in total. The molecule has 108 valence electrons. The Balaban J connectivity index is 2.91. The van der Waals surface area contributed by atoms with E-state index in [1.54, 1.807) is 0 Å². The van der Waals surface area contributed by atoms with Crippen LogP contribution < -0.4 is 5.32 Å². The maximum absolute atomic E-state index is 6.18. The smallest absolute Gasteiger partial charge is 0.138 e. The Morgan fingerprint density at radius 1 is 1.32 bits per heavy atom. The van der Waals surface area contributed by atoms with Crippen LogP contribution in [0.1, 0.15) is 52.0 Å². The molecule has 0 aliphatic carbocycles. The molecule has 1 heterocycles. The third kappa shape index (κ3) is 3.99. The lowest BCUT2D eigenvalue weighted by molar-refractivity contribution is 0.573. The standard InChI is InChI=1S/C14H24ClN3S/c1-6-14(7-2,19-5)8-16-13-11(10(3)4)12(15)17-9-18-13/h9-10H,6-8H2,1-5H3,(H,16,17,18). The van der Waals surface area contributed by atoms with Gasteiger partial charge in [0.2, 0.25) is 0 Å². The van der Waals surface area contributed by atoms with Crippen LogP contribution in [0.5, 0.6) is 0 Å². The van der Waals surface area contributed by atoms with Crippen LogP contribution in [0.15, 0.2) is 6.33 Å². The zero-order valence-corrected chi connectivity index (χ0v) is 14.0. The van der Waals surface area contributed by atoms with Gasteiger partial charge in [0.15, 0.2) is 0 Å². The van der Waals surface area contributed by atoms with Crippen molar-refractivity contribution in [2.75, 3.05) is 18.1 Å². The fourth-order valence-electron chi connectivity index (χ4n) is 2.13. The summed E-state index contributed by atoms with van der Waals surface area (Å²) in [5, 5.41) is 4.02. The Hall–Kier alpha value is -0.480. The van der Waals surface area contributed by atoms with E-state index in [0.29, 0.717) is 11.1 Å². The van der Waals surface area contributed by atoms with Gasteiger partial charge in [-0.2, -0.15) is 11.8 Å². The molecule has 5 heteroatoms. The van der Waals surface area contributed by atoms with Gasteiger partial charge in [0, 0.05) is 16.9 Å². The molecule has 0 spiro atoms. The van der Waals surface area contributed by atoms with Crippen molar-refractivity contribution >= 4 is 29.2 Å². The fraction of sp³-hybridized carbons (Fsp3) is 0.714. The number of halogens is 1. The van der Waals surface area contributed by atoms with Gasteiger partial charge in [-0.1, -0.05) is 39.3 Å². The minimum absolute atomic E-state index is 0.256. The van der Waals surface area contributed by atoms with Crippen LogP contribution in [0.2, 0.25) is 5.15 Å². The Kier molecular flexibility index (Phi) is 6.40. The third-order valence-electron chi connectivity index (χ3n) is 3.71. The van der Waals surface area contributed by atoms with E-state index in [0.717, 1.165) is 30.8 Å². The highest BCUT2D eigenvalue weighted by atomic mass is 35.5. The Morgan fingerprint density at radius 3 is 2.42 bits per heavy atom. The Bertz CT molecular complexity index is 397. The van der Waals surface area contributed by atoms with Crippen molar-refractivity contribution in [3.05, 3.63) is 17.0 Å². The van der Waals surface area contributed by atoms with E-state index in [-0.39, 0.29) is 4.75 Å². The zero-order valence-electron chi connectivity index (χ0n) is 12.5. The quantitative estimate of drug-likeness (QED) is 0.748. The summed E-state index contributed by atoms with van der Waals surface area (Å²) in [7, 11) is 0. The van der Waals surface area contributed by atoms with Gasteiger partial charge in [0.05, 0.1) is 0 Å². The highest BCUT2D eigenvalue weighted by Crippen LogP contribution is 2.33. The average molecular weight is 302 g/mol. The van der Waals surface area contributed by atoms with Crippen molar-refractivity contribution in [3.8, 4) is 0 Å². The molecule has 0 aromatic carbocycles. The van der Waals surface area contributed by atoms with Gasteiger partial charge < -0.3 is 5.32 Å². The van der Waals surface area contributed by atoms with Gasteiger partial charge in [-0.05, 0) is 25.0 Å². The molecule has 19 heavy (non-hydrogen) atoms. The van der Waals surface area contributed by atoms with Crippen molar-refractivity contribution in [2.24, 2.45) is 0 Å². The molecule has 1 aromatic rings. The number of thioether (sulfide) groups is 1. The van der Waals surface area contributed by atoms with Crippen molar-refractivity contribution < 1.29 is 0 Å². The fourth-order valence-corrected chi connectivity index (χ4v) is 3.28. The summed E-state index contributed by atoms with van der Waals surface area (Å²) in [6.07, 6.45) is 5.96. The molecule has 0 saturated heterocycles. The van der Waals surface area contributed by atoms with Crippen LogP contribution in [-0.4, -0.2) is 27.5 Å². The lowest BCUT2D eigenvalue weighted by Gasteiger charge is -2.30. The van der Waals surface area contributed by atoms with Gasteiger partial charge in [-0.15, -0.1) is 0 Å². The van der Waals surface area contributed by atoms with Crippen LogP contribution in [-0.2, 0) is 0 Å². The predicted molar refractivity (Wildman–Crippen MR) is 86.4 cm³/mol. The molecular weight excluding hydrogens is 278 g/mol. The lowest BCUT2D eigenvalue weighted by Crippen LogP contribution is -2.32. The van der Waals surface area contributed by atoms with Crippen molar-refractivity contribution in [1.82, 2.24) is 9.97 Å². The first-order valence-corrected chi connectivity index (χ1v) is 8.39. The van der Waals surface area contributed by atoms with Gasteiger partial charge in [0.25, 0.3) is 0 Å². The summed E-state index contributed by atoms with van der Waals surface area (Å²) in [6.45, 7) is 9.58. The first kappa shape index (κ1) is 16.6. The Morgan fingerprint density at radius 2 is 1.95 bits per heavy atom. The molecule has 0 unspecified atom stereocenters. The van der Waals surface area contributed by atoms with Crippen LogP contribution in [0.3, 0.4) is 0 Å². The van der Waals surface area contributed by atoms with E-state index < -0.39 is 0 Å². The summed E-state index contributed by atoms with van der Waals surface area (Å²) in [6, 6.07) is 0. The summed E-state index contributed by atoms with van der Waals surface area (Å²) in [5.74, 6) is 1.18. The van der Waals surface area contributed by atoms with Crippen LogP contribution in [0.25, 0.3) is 0 Å². The second-order valence-electron chi connectivity index (χ2n) is 5.03. The first-order chi connectivity index (χ1) is 8.99. The van der Waals surface area contributed by atoms with E-state index >= 15 is 0 Å². The molecule has 0 atom stereocenters. The molecule has 0 fully saturated rings. The topological polar surface area (TPSA) is 37.8 Å². The predicted octanol–water partition coefficient (Wildman–Crippen LogP) is 4.59. The van der Waals surface area contributed by atoms with E-state index in [1.165, 1.54) is 6.33 Å². The number of rotatable bonds is 7. The normalized spacial score (nSPS) is 11.9. The molecule has 0 radical (unpaired) electrons. The summed E-state index contributed by atoms with van der Waals surface area (Å²) < 4.78 is 0.256. The molecule has 1 aromatic heterocycles.